The predicted octanol–water partition coefficient (Wildman–Crippen LogP) is 5.69. The van der Waals surface area contributed by atoms with E-state index in [4.69, 9.17) is 16.3 Å². The van der Waals surface area contributed by atoms with Crippen molar-refractivity contribution >= 4 is 44.2 Å². The zero-order valence-electron chi connectivity index (χ0n) is 20.8. The summed E-state index contributed by atoms with van der Waals surface area (Å²) in [5, 5.41) is 11.7. The molecule has 0 unspecified atom stereocenters. The molecule has 1 aliphatic heterocycles. The molecule has 0 saturated carbocycles. The van der Waals surface area contributed by atoms with Gasteiger partial charge in [-0.1, -0.05) is 23.7 Å². The summed E-state index contributed by atoms with van der Waals surface area (Å²) in [7, 11) is -3.62. The van der Waals surface area contributed by atoms with E-state index in [9.17, 15) is 18.3 Å². The summed E-state index contributed by atoms with van der Waals surface area (Å²) < 4.78 is 35.5. The first kappa shape index (κ1) is 25.5. The highest BCUT2D eigenvalue weighted by Gasteiger charge is 2.36. The Morgan fingerprint density at radius 1 is 1.14 bits per heavy atom. The molecule has 4 rings (SSSR count). The number of anilines is 1. The van der Waals surface area contributed by atoms with Crippen molar-refractivity contribution < 1.29 is 23.1 Å². The number of rotatable bonds is 5. The van der Waals surface area contributed by atoms with Crippen LogP contribution in [0.2, 0.25) is 5.02 Å². The Hall–Kier alpha value is -2.55. The van der Waals surface area contributed by atoms with Crippen molar-refractivity contribution in [3.05, 3.63) is 52.2 Å². The van der Waals surface area contributed by atoms with Crippen LogP contribution in [0.3, 0.4) is 0 Å². The van der Waals surface area contributed by atoms with Gasteiger partial charge in [-0.25, -0.2) is 13.2 Å². The zero-order chi connectivity index (χ0) is 25.9. The molecule has 35 heavy (non-hydrogen) atoms. The standard InChI is InChI=1S/C26H31ClN2O5S/c1-15-14-19-21(17-8-10-18(27)11-9-17)20(24(25(30)31)34-26(3,4)5)16(2)22-23(19)28(15)12-7-13-29(22)35(6,32)33/h8-11,14,24H,7,12-13H2,1-6H3,(H,30,31)/t24-/m0/s1. The number of hydrogen-bond acceptors (Lipinski definition) is 4. The minimum Gasteiger partial charge on any atom is -0.479 e. The van der Waals surface area contributed by atoms with Crippen LogP contribution in [0, 0.1) is 13.8 Å². The molecule has 1 atom stereocenters. The van der Waals surface area contributed by atoms with E-state index in [0.29, 0.717) is 46.9 Å². The van der Waals surface area contributed by atoms with Crippen molar-refractivity contribution in [2.75, 3.05) is 17.1 Å². The van der Waals surface area contributed by atoms with Crippen LogP contribution in [0.15, 0.2) is 30.3 Å². The van der Waals surface area contributed by atoms with Gasteiger partial charge in [0.1, 0.15) is 0 Å². The van der Waals surface area contributed by atoms with Crippen LogP contribution in [-0.4, -0.2) is 42.5 Å². The van der Waals surface area contributed by atoms with Crippen LogP contribution >= 0.6 is 11.6 Å². The van der Waals surface area contributed by atoms with Gasteiger partial charge in [-0.15, -0.1) is 0 Å². The Morgan fingerprint density at radius 2 is 1.77 bits per heavy atom. The molecule has 0 amide bonds. The monoisotopic (exact) mass is 518 g/mol. The molecule has 1 N–H and O–H groups in total. The van der Waals surface area contributed by atoms with E-state index >= 15 is 0 Å². The van der Waals surface area contributed by atoms with Crippen molar-refractivity contribution in [1.82, 2.24) is 4.57 Å². The second kappa shape index (κ2) is 8.84. The summed E-state index contributed by atoms with van der Waals surface area (Å²) in [6.07, 6.45) is 0.518. The van der Waals surface area contributed by atoms with Crippen LogP contribution < -0.4 is 4.31 Å². The number of carboxylic acid groups (broad SMARTS) is 1. The number of ether oxygens (including phenoxy) is 1. The third-order valence-corrected chi connectivity index (χ3v) is 7.73. The van der Waals surface area contributed by atoms with Crippen molar-refractivity contribution in [3.8, 4) is 11.1 Å². The first-order chi connectivity index (χ1) is 16.2. The lowest BCUT2D eigenvalue weighted by molar-refractivity contribution is -0.160. The van der Waals surface area contributed by atoms with E-state index in [1.165, 1.54) is 10.6 Å². The molecule has 9 heteroatoms. The molecule has 2 aromatic carbocycles. The minimum atomic E-state index is -3.62. The Labute approximate surface area is 211 Å². The molecule has 3 aromatic rings. The number of sulfonamides is 1. The largest absolute Gasteiger partial charge is 0.479 e. The van der Waals surface area contributed by atoms with E-state index < -0.39 is 27.7 Å². The fourth-order valence-electron chi connectivity index (χ4n) is 5.01. The summed E-state index contributed by atoms with van der Waals surface area (Å²) in [5.41, 5.74) is 4.06. The Morgan fingerprint density at radius 3 is 2.31 bits per heavy atom. The summed E-state index contributed by atoms with van der Waals surface area (Å²) in [5.74, 6) is -1.14. The van der Waals surface area contributed by atoms with E-state index in [-0.39, 0.29) is 0 Å². The SMILES string of the molecule is Cc1c([C@H](OC(C)(C)C)C(=O)O)c(-c2ccc(Cl)cc2)c2cc(C)n3c2c1N(S(C)(=O)=O)CCC3. The second-order valence-electron chi connectivity index (χ2n) is 10.1. The second-order valence-corrected chi connectivity index (χ2v) is 12.4. The highest BCUT2D eigenvalue weighted by Crippen LogP contribution is 2.48. The fourth-order valence-corrected chi connectivity index (χ4v) is 6.15. The molecule has 1 aliphatic rings. The van der Waals surface area contributed by atoms with Gasteiger partial charge in [-0.2, -0.15) is 0 Å². The van der Waals surface area contributed by atoms with Crippen molar-refractivity contribution in [3.63, 3.8) is 0 Å². The number of carbonyl (C=O) groups is 1. The quantitative estimate of drug-likeness (QED) is 0.468. The Kier molecular flexibility index (Phi) is 6.45. The lowest BCUT2D eigenvalue weighted by Crippen LogP contribution is -2.32. The average molecular weight is 519 g/mol. The molecule has 2 heterocycles. The van der Waals surface area contributed by atoms with Gasteiger partial charge in [0, 0.05) is 34.8 Å². The average Bonchev–Trinajstić information content (AvgIpc) is 2.92. The molecule has 0 saturated heterocycles. The highest BCUT2D eigenvalue weighted by atomic mass is 35.5. The maximum absolute atomic E-state index is 12.9. The molecular formula is C26H31ClN2O5S. The number of halogens is 1. The van der Waals surface area contributed by atoms with E-state index in [1.807, 2.05) is 25.1 Å². The lowest BCUT2D eigenvalue weighted by atomic mass is 9.87. The van der Waals surface area contributed by atoms with Gasteiger partial charge in [0.25, 0.3) is 0 Å². The number of aromatic nitrogens is 1. The third-order valence-electron chi connectivity index (χ3n) is 6.31. The molecule has 0 aliphatic carbocycles. The van der Waals surface area contributed by atoms with Crippen molar-refractivity contribution in [2.24, 2.45) is 0 Å². The molecule has 0 fully saturated rings. The molecule has 0 spiro atoms. The maximum Gasteiger partial charge on any atom is 0.337 e. The van der Waals surface area contributed by atoms with E-state index in [2.05, 4.69) is 4.57 Å². The number of aliphatic carboxylic acids is 1. The van der Waals surface area contributed by atoms with Gasteiger partial charge < -0.3 is 14.4 Å². The molecule has 7 nitrogen and oxygen atoms in total. The smallest absolute Gasteiger partial charge is 0.337 e. The van der Waals surface area contributed by atoms with Crippen molar-refractivity contribution in [1.29, 1.82) is 0 Å². The fraction of sp³-hybridized carbons (Fsp3) is 0.423. The minimum absolute atomic E-state index is 0.313. The Bertz CT molecular complexity index is 1420. The predicted molar refractivity (Wildman–Crippen MR) is 140 cm³/mol. The summed E-state index contributed by atoms with van der Waals surface area (Å²) in [4.78, 5) is 12.7. The molecule has 0 radical (unpaired) electrons. The van der Waals surface area contributed by atoms with Gasteiger partial charge in [-0.3, -0.25) is 4.31 Å². The normalized spacial score (nSPS) is 15.3. The van der Waals surface area contributed by atoms with Gasteiger partial charge in [0.15, 0.2) is 6.10 Å². The molecule has 1 aromatic heterocycles. The zero-order valence-corrected chi connectivity index (χ0v) is 22.4. The van der Waals surface area contributed by atoms with E-state index in [1.54, 1.807) is 39.8 Å². The van der Waals surface area contributed by atoms with Crippen molar-refractivity contribution in [2.45, 2.75) is 59.3 Å². The highest BCUT2D eigenvalue weighted by molar-refractivity contribution is 7.92. The number of benzene rings is 2. The van der Waals surface area contributed by atoms with Gasteiger partial charge in [-0.05, 0) is 75.9 Å². The van der Waals surface area contributed by atoms with Crippen LogP contribution in [0.25, 0.3) is 22.0 Å². The summed E-state index contributed by atoms with van der Waals surface area (Å²) >= 11 is 6.17. The Balaban J connectivity index is 2.23. The first-order valence-corrected chi connectivity index (χ1v) is 13.7. The summed E-state index contributed by atoms with van der Waals surface area (Å²) in [6, 6.07) is 9.25. The third kappa shape index (κ3) is 4.67. The van der Waals surface area contributed by atoms with Gasteiger partial charge >= 0.3 is 5.97 Å². The molecule has 188 valence electrons. The first-order valence-electron chi connectivity index (χ1n) is 11.5. The number of hydrogen-bond donors (Lipinski definition) is 1. The number of aryl methyl sites for hydroxylation is 2. The molecule has 0 bridgehead atoms. The topological polar surface area (TPSA) is 88.8 Å². The van der Waals surface area contributed by atoms with Crippen LogP contribution in [0.1, 0.15) is 50.1 Å². The molecular weight excluding hydrogens is 488 g/mol. The van der Waals surface area contributed by atoms with Gasteiger partial charge in [0.2, 0.25) is 10.0 Å². The number of nitrogens with zero attached hydrogens (tertiary/aromatic N) is 2. The van der Waals surface area contributed by atoms with Gasteiger partial charge in [0.05, 0.1) is 23.1 Å². The van der Waals surface area contributed by atoms with E-state index in [0.717, 1.165) is 22.2 Å². The maximum atomic E-state index is 12.9. The van der Waals surface area contributed by atoms with Crippen LogP contribution in [0.5, 0.6) is 0 Å². The van der Waals surface area contributed by atoms with Crippen LogP contribution in [0.4, 0.5) is 5.69 Å². The number of carboxylic acids is 1. The van der Waals surface area contributed by atoms with Crippen LogP contribution in [-0.2, 0) is 26.1 Å². The summed E-state index contributed by atoms with van der Waals surface area (Å²) in [6.45, 7) is 10.2. The lowest BCUT2D eigenvalue weighted by Gasteiger charge is -2.31.